The maximum Gasteiger partial charge on any atom is 0.304 e. The van der Waals surface area contributed by atoms with Crippen molar-refractivity contribution in [2.45, 2.75) is 37.3 Å². The monoisotopic (exact) mass is 333 g/mol. The number of nitrogens with zero attached hydrogens (tertiary/aromatic N) is 2. The Labute approximate surface area is 127 Å². The van der Waals surface area contributed by atoms with Crippen LogP contribution in [-0.2, 0) is 10.0 Å². The first-order valence-corrected chi connectivity index (χ1v) is 8.99. The predicted octanol–water partition coefficient (Wildman–Crippen LogP) is 2.44. The lowest BCUT2D eigenvalue weighted by Gasteiger charge is -2.37. The zero-order valence-electron chi connectivity index (χ0n) is 12.0. The third-order valence-electron chi connectivity index (χ3n) is 4.29. The molecule has 0 spiro atoms. The fourth-order valence-electron chi connectivity index (χ4n) is 2.39. The molecule has 1 saturated heterocycles. The fourth-order valence-corrected chi connectivity index (χ4v) is 5.20. The summed E-state index contributed by atoms with van der Waals surface area (Å²) in [5, 5.41) is 10.7. The first kappa shape index (κ1) is 16.2. The molecule has 0 unspecified atom stereocenters. The van der Waals surface area contributed by atoms with E-state index < -0.39 is 14.9 Å². The SMILES string of the molecule is CCC1(C)CCN(S(=O)(=O)c2cc([N+](=O)[O-])c(N)s2)CC1. The molecule has 118 valence electrons. The van der Waals surface area contributed by atoms with E-state index in [0.29, 0.717) is 13.1 Å². The topological polar surface area (TPSA) is 107 Å². The van der Waals surface area contributed by atoms with Crippen molar-refractivity contribution in [3.63, 3.8) is 0 Å². The van der Waals surface area contributed by atoms with Crippen molar-refractivity contribution in [3.8, 4) is 0 Å². The Morgan fingerprint density at radius 3 is 2.48 bits per heavy atom. The summed E-state index contributed by atoms with van der Waals surface area (Å²) in [5.74, 6) is 0. The zero-order valence-corrected chi connectivity index (χ0v) is 13.7. The van der Waals surface area contributed by atoms with E-state index in [0.717, 1.165) is 36.7 Å². The van der Waals surface area contributed by atoms with Crippen LogP contribution in [0.15, 0.2) is 10.3 Å². The van der Waals surface area contributed by atoms with E-state index in [9.17, 15) is 18.5 Å². The second-order valence-corrected chi connectivity index (χ2v) is 8.89. The van der Waals surface area contributed by atoms with E-state index in [4.69, 9.17) is 5.73 Å². The van der Waals surface area contributed by atoms with Gasteiger partial charge in [0.1, 0.15) is 4.21 Å². The van der Waals surface area contributed by atoms with Crippen LogP contribution in [0.5, 0.6) is 0 Å². The molecule has 0 saturated carbocycles. The Balaban J connectivity index is 2.24. The summed E-state index contributed by atoms with van der Waals surface area (Å²) in [6.07, 6.45) is 2.61. The van der Waals surface area contributed by atoms with E-state index in [1.54, 1.807) is 0 Å². The lowest BCUT2D eigenvalue weighted by molar-refractivity contribution is -0.383. The van der Waals surface area contributed by atoms with E-state index in [2.05, 4.69) is 13.8 Å². The van der Waals surface area contributed by atoms with Crippen molar-refractivity contribution >= 4 is 32.0 Å². The quantitative estimate of drug-likeness (QED) is 0.672. The summed E-state index contributed by atoms with van der Waals surface area (Å²) >= 11 is 0.755. The average Bonchev–Trinajstić information content (AvgIpc) is 2.82. The summed E-state index contributed by atoms with van der Waals surface area (Å²) in [6, 6.07) is 1.06. The molecule has 7 nitrogen and oxygen atoms in total. The molecule has 0 radical (unpaired) electrons. The van der Waals surface area contributed by atoms with Crippen LogP contribution in [0.1, 0.15) is 33.1 Å². The lowest BCUT2D eigenvalue weighted by atomic mass is 9.79. The van der Waals surface area contributed by atoms with Crippen molar-refractivity contribution < 1.29 is 13.3 Å². The Morgan fingerprint density at radius 2 is 2.05 bits per heavy atom. The summed E-state index contributed by atoms with van der Waals surface area (Å²) in [5.41, 5.74) is 5.36. The lowest BCUT2D eigenvalue weighted by Crippen LogP contribution is -2.41. The molecule has 0 atom stereocenters. The molecule has 21 heavy (non-hydrogen) atoms. The highest BCUT2D eigenvalue weighted by atomic mass is 32.2. The van der Waals surface area contributed by atoms with Gasteiger partial charge in [-0.2, -0.15) is 4.31 Å². The molecule has 0 aromatic carbocycles. The highest BCUT2D eigenvalue weighted by Crippen LogP contribution is 2.39. The second-order valence-electron chi connectivity index (χ2n) is 5.64. The average molecular weight is 333 g/mol. The normalized spacial score (nSPS) is 19.5. The summed E-state index contributed by atoms with van der Waals surface area (Å²) in [4.78, 5) is 10.1. The molecular weight excluding hydrogens is 314 g/mol. The first-order valence-electron chi connectivity index (χ1n) is 6.73. The fraction of sp³-hybridized carbons (Fsp3) is 0.667. The van der Waals surface area contributed by atoms with Gasteiger partial charge in [-0.3, -0.25) is 10.1 Å². The molecule has 9 heteroatoms. The number of nitrogen functional groups attached to an aromatic ring is 1. The van der Waals surface area contributed by atoms with Crippen LogP contribution >= 0.6 is 11.3 Å². The Hall–Kier alpha value is -1.19. The molecule has 1 aromatic heterocycles. The van der Waals surface area contributed by atoms with Gasteiger partial charge in [-0.25, -0.2) is 8.42 Å². The molecule has 2 rings (SSSR count). The van der Waals surface area contributed by atoms with Crippen molar-refractivity contribution in [1.82, 2.24) is 4.31 Å². The number of nitrogens with two attached hydrogens (primary N) is 1. The smallest absolute Gasteiger partial charge is 0.304 e. The van der Waals surface area contributed by atoms with Gasteiger partial charge in [-0.05, 0) is 18.3 Å². The maximum absolute atomic E-state index is 12.5. The van der Waals surface area contributed by atoms with Gasteiger partial charge in [-0.15, -0.1) is 0 Å². The molecule has 1 fully saturated rings. The largest absolute Gasteiger partial charge is 0.385 e. The van der Waals surface area contributed by atoms with Crippen LogP contribution in [0, 0.1) is 15.5 Å². The minimum Gasteiger partial charge on any atom is -0.385 e. The highest BCUT2D eigenvalue weighted by Gasteiger charge is 2.36. The number of rotatable bonds is 4. The van der Waals surface area contributed by atoms with Gasteiger partial charge in [0.25, 0.3) is 10.0 Å². The van der Waals surface area contributed by atoms with Crippen LogP contribution in [0.2, 0.25) is 0 Å². The molecule has 2 heterocycles. The van der Waals surface area contributed by atoms with Crippen LogP contribution < -0.4 is 5.73 Å². The molecule has 0 aliphatic carbocycles. The molecule has 1 aromatic rings. The summed E-state index contributed by atoms with van der Waals surface area (Å²) < 4.78 is 26.4. The molecule has 1 aliphatic rings. The van der Waals surface area contributed by atoms with Crippen LogP contribution in [0.3, 0.4) is 0 Å². The molecule has 2 N–H and O–H groups in total. The van der Waals surface area contributed by atoms with E-state index in [1.807, 2.05) is 0 Å². The molecule has 0 amide bonds. The summed E-state index contributed by atoms with van der Waals surface area (Å²) in [6.45, 7) is 5.15. The van der Waals surface area contributed by atoms with Gasteiger partial charge in [-0.1, -0.05) is 31.6 Å². The number of hydrogen-bond acceptors (Lipinski definition) is 6. The third-order valence-corrected chi connectivity index (χ3v) is 7.59. The number of hydrogen-bond donors (Lipinski definition) is 1. The van der Waals surface area contributed by atoms with Gasteiger partial charge in [0.15, 0.2) is 5.00 Å². The van der Waals surface area contributed by atoms with E-state index >= 15 is 0 Å². The third kappa shape index (κ3) is 3.04. The van der Waals surface area contributed by atoms with Gasteiger partial charge in [0.2, 0.25) is 0 Å². The molecular formula is C12H19N3O4S2. The predicted molar refractivity (Wildman–Crippen MR) is 81.8 cm³/mol. The van der Waals surface area contributed by atoms with Crippen LogP contribution in [0.25, 0.3) is 0 Å². The van der Waals surface area contributed by atoms with Crippen LogP contribution in [0.4, 0.5) is 10.7 Å². The first-order chi connectivity index (χ1) is 9.69. The van der Waals surface area contributed by atoms with Crippen molar-refractivity contribution in [1.29, 1.82) is 0 Å². The number of anilines is 1. The number of thiophene rings is 1. The van der Waals surface area contributed by atoms with E-state index in [-0.39, 0.29) is 20.3 Å². The summed E-state index contributed by atoms with van der Waals surface area (Å²) in [7, 11) is -3.69. The number of sulfonamides is 1. The van der Waals surface area contributed by atoms with Crippen molar-refractivity contribution in [3.05, 3.63) is 16.2 Å². The Kier molecular flexibility index (Phi) is 4.27. The van der Waals surface area contributed by atoms with Gasteiger partial charge in [0.05, 0.1) is 4.92 Å². The van der Waals surface area contributed by atoms with Gasteiger partial charge >= 0.3 is 5.69 Å². The van der Waals surface area contributed by atoms with Crippen molar-refractivity contribution in [2.24, 2.45) is 5.41 Å². The highest BCUT2D eigenvalue weighted by molar-refractivity contribution is 7.91. The van der Waals surface area contributed by atoms with Gasteiger partial charge in [0, 0.05) is 19.2 Å². The van der Waals surface area contributed by atoms with E-state index in [1.165, 1.54) is 4.31 Å². The maximum atomic E-state index is 12.5. The second kappa shape index (κ2) is 5.54. The van der Waals surface area contributed by atoms with Gasteiger partial charge < -0.3 is 5.73 Å². The number of nitro groups is 1. The number of piperidine rings is 1. The molecule has 1 aliphatic heterocycles. The standard InChI is InChI=1S/C12H19N3O4S2/c1-3-12(2)4-6-14(7-5-12)21(18,19)10-8-9(15(16)17)11(13)20-10/h8H,3-7,13H2,1-2H3. The Bertz CT molecular complexity index is 645. The minimum absolute atomic E-state index is 0.0493. The minimum atomic E-state index is -3.69. The molecule has 0 bridgehead atoms. The van der Waals surface area contributed by atoms with Crippen molar-refractivity contribution in [2.75, 3.05) is 18.8 Å². The zero-order chi connectivity index (χ0) is 15.8. The van der Waals surface area contributed by atoms with Crippen LogP contribution in [-0.4, -0.2) is 30.7 Å². The Morgan fingerprint density at radius 1 is 1.48 bits per heavy atom.